The van der Waals surface area contributed by atoms with E-state index in [1.165, 1.54) is 16.9 Å². The number of nitrogens with zero attached hydrogens (tertiary/aromatic N) is 4. The lowest BCUT2D eigenvalue weighted by Gasteiger charge is -2.07. The van der Waals surface area contributed by atoms with Gasteiger partial charge in [-0.25, -0.2) is 19.2 Å². The van der Waals surface area contributed by atoms with E-state index >= 15 is 0 Å². The summed E-state index contributed by atoms with van der Waals surface area (Å²) in [5.74, 6) is -0.707. The minimum absolute atomic E-state index is 0.135. The molecule has 0 N–H and O–H groups in total. The molecule has 158 valence electrons. The number of ether oxygens (including phenoxy) is 1. The number of fused-ring (bicyclic) bond motifs is 3. The number of hydrogen-bond donors (Lipinski definition) is 0. The van der Waals surface area contributed by atoms with Gasteiger partial charge in [0.15, 0.2) is 11.3 Å². The van der Waals surface area contributed by atoms with Crippen LogP contribution in [0.25, 0.3) is 33.5 Å². The zero-order valence-corrected chi connectivity index (χ0v) is 17.8. The van der Waals surface area contributed by atoms with Crippen molar-refractivity contribution in [1.29, 1.82) is 0 Å². The maximum Gasteiger partial charge on any atom is 0.345 e. The van der Waals surface area contributed by atoms with Crippen LogP contribution < -0.4 is 5.56 Å². The van der Waals surface area contributed by atoms with E-state index in [1.54, 1.807) is 19.1 Å². The van der Waals surface area contributed by atoms with Gasteiger partial charge in [-0.2, -0.15) is 0 Å². The molecule has 0 spiro atoms. The second-order valence-electron chi connectivity index (χ2n) is 7.09. The molecule has 2 aromatic carbocycles. The van der Waals surface area contributed by atoms with E-state index in [2.05, 4.69) is 9.97 Å². The van der Waals surface area contributed by atoms with Crippen molar-refractivity contribution in [3.8, 4) is 16.8 Å². The van der Waals surface area contributed by atoms with Gasteiger partial charge in [0.05, 0.1) is 12.0 Å². The number of benzene rings is 2. The first-order valence-electron chi connectivity index (χ1n) is 9.98. The van der Waals surface area contributed by atoms with Gasteiger partial charge in [-0.3, -0.25) is 4.79 Å². The molecule has 0 aliphatic heterocycles. The Kier molecular flexibility index (Phi) is 4.95. The third kappa shape index (κ3) is 3.23. The van der Waals surface area contributed by atoms with E-state index < -0.39 is 11.5 Å². The van der Waals surface area contributed by atoms with E-state index in [0.29, 0.717) is 21.7 Å². The van der Waals surface area contributed by atoms with Crippen molar-refractivity contribution in [2.75, 3.05) is 6.61 Å². The van der Waals surface area contributed by atoms with Crippen LogP contribution in [0.3, 0.4) is 0 Å². The van der Waals surface area contributed by atoms with Crippen molar-refractivity contribution in [3.63, 3.8) is 0 Å². The lowest BCUT2D eigenvalue weighted by Crippen LogP contribution is -2.24. The average Bonchev–Trinajstić information content (AvgIpc) is 3.21. The quantitative estimate of drug-likeness (QED) is 0.380. The minimum atomic E-state index is -0.707. The van der Waals surface area contributed by atoms with E-state index in [0.717, 1.165) is 16.8 Å². The summed E-state index contributed by atoms with van der Waals surface area (Å²) < 4.78 is 8.20. The summed E-state index contributed by atoms with van der Waals surface area (Å²) in [6.45, 7) is 1.85. The highest BCUT2D eigenvalue weighted by atomic mass is 35.5. The standard InChI is InChI=1S/C24H17ClN4O3/c1-2-32-24(31)18-12-26-21-20-19(15-6-4-3-5-7-15)13-28(17-10-8-16(25)9-11-17)22(20)27-14-29(21)23(18)30/h3-14H,2H2,1H3. The molecule has 5 rings (SSSR count). The Morgan fingerprint density at radius 1 is 1.03 bits per heavy atom. The van der Waals surface area contributed by atoms with Gasteiger partial charge in [0, 0.05) is 28.7 Å². The molecule has 3 heterocycles. The van der Waals surface area contributed by atoms with Gasteiger partial charge in [-0.15, -0.1) is 0 Å². The Balaban J connectivity index is 1.85. The van der Waals surface area contributed by atoms with Crippen LogP contribution in [0.4, 0.5) is 0 Å². The Hall–Kier alpha value is -3.97. The summed E-state index contributed by atoms with van der Waals surface area (Å²) in [5, 5.41) is 1.33. The first-order valence-corrected chi connectivity index (χ1v) is 10.4. The van der Waals surface area contributed by atoms with E-state index in [-0.39, 0.29) is 12.2 Å². The van der Waals surface area contributed by atoms with E-state index in [9.17, 15) is 9.59 Å². The van der Waals surface area contributed by atoms with Crippen molar-refractivity contribution in [1.82, 2.24) is 18.9 Å². The second kappa shape index (κ2) is 7.94. The van der Waals surface area contributed by atoms with Crippen LogP contribution in [0.15, 0.2) is 78.1 Å². The molecule has 5 aromatic rings. The Labute approximate surface area is 187 Å². The zero-order valence-electron chi connectivity index (χ0n) is 17.0. The monoisotopic (exact) mass is 444 g/mol. The van der Waals surface area contributed by atoms with Gasteiger partial charge < -0.3 is 9.30 Å². The normalized spacial score (nSPS) is 11.2. The third-order valence-corrected chi connectivity index (χ3v) is 5.43. The number of hydrogen-bond acceptors (Lipinski definition) is 5. The molecule has 0 saturated heterocycles. The fraction of sp³-hybridized carbons (Fsp3) is 0.0833. The summed E-state index contributed by atoms with van der Waals surface area (Å²) >= 11 is 6.07. The lowest BCUT2D eigenvalue weighted by atomic mass is 10.1. The number of carbonyl (C=O) groups is 1. The fourth-order valence-corrected chi connectivity index (χ4v) is 3.83. The van der Waals surface area contributed by atoms with Crippen molar-refractivity contribution in [2.45, 2.75) is 6.92 Å². The first kappa shape index (κ1) is 20.0. The van der Waals surface area contributed by atoms with Gasteiger partial charge in [-0.1, -0.05) is 41.9 Å². The largest absolute Gasteiger partial charge is 0.462 e. The molecule has 0 radical (unpaired) electrons. The van der Waals surface area contributed by atoms with Gasteiger partial charge in [0.2, 0.25) is 0 Å². The number of carbonyl (C=O) groups excluding carboxylic acids is 1. The molecule has 0 aliphatic rings. The molecule has 0 bridgehead atoms. The molecule has 32 heavy (non-hydrogen) atoms. The molecular weight excluding hydrogens is 428 g/mol. The minimum Gasteiger partial charge on any atom is -0.462 e. The molecule has 8 heteroatoms. The maximum absolute atomic E-state index is 13.0. The van der Waals surface area contributed by atoms with Crippen molar-refractivity contribution in [3.05, 3.63) is 94.3 Å². The van der Waals surface area contributed by atoms with Crippen LogP contribution in [-0.2, 0) is 4.74 Å². The van der Waals surface area contributed by atoms with Crippen LogP contribution in [0, 0.1) is 0 Å². The highest BCUT2D eigenvalue weighted by molar-refractivity contribution is 6.30. The van der Waals surface area contributed by atoms with Crippen LogP contribution in [0.5, 0.6) is 0 Å². The molecule has 0 unspecified atom stereocenters. The third-order valence-electron chi connectivity index (χ3n) is 5.18. The molecule has 0 saturated carbocycles. The van der Waals surface area contributed by atoms with Crippen LogP contribution in [0.1, 0.15) is 17.3 Å². The van der Waals surface area contributed by atoms with Gasteiger partial charge in [-0.05, 0) is 36.8 Å². The van der Waals surface area contributed by atoms with Crippen molar-refractivity contribution >= 4 is 34.3 Å². The predicted molar refractivity (Wildman–Crippen MR) is 122 cm³/mol. The molecule has 0 amide bonds. The molecule has 0 fully saturated rings. The summed E-state index contributed by atoms with van der Waals surface area (Å²) in [4.78, 5) is 34.2. The number of rotatable bonds is 4. The highest BCUT2D eigenvalue weighted by Crippen LogP contribution is 2.33. The van der Waals surface area contributed by atoms with Gasteiger partial charge >= 0.3 is 5.97 Å². The Morgan fingerprint density at radius 3 is 2.50 bits per heavy atom. The zero-order chi connectivity index (χ0) is 22.2. The van der Waals surface area contributed by atoms with Crippen molar-refractivity contribution < 1.29 is 9.53 Å². The number of aromatic nitrogens is 4. The SMILES string of the molecule is CCOC(=O)c1cnc2c3c(-c4ccccc4)cn(-c4ccc(Cl)cc4)c3ncn2c1=O. The van der Waals surface area contributed by atoms with Gasteiger partial charge in [0.25, 0.3) is 5.56 Å². The topological polar surface area (TPSA) is 78.5 Å². The summed E-state index contributed by atoms with van der Waals surface area (Å²) in [6.07, 6.45) is 4.61. The molecule has 3 aromatic heterocycles. The highest BCUT2D eigenvalue weighted by Gasteiger charge is 2.20. The van der Waals surface area contributed by atoms with Crippen molar-refractivity contribution in [2.24, 2.45) is 0 Å². The fourth-order valence-electron chi connectivity index (χ4n) is 3.70. The molecular formula is C24H17ClN4O3. The molecule has 7 nitrogen and oxygen atoms in total. The summed E-state index contributed by atoms with van der Waals surface area (Å²) in [7, 11) is 0. The smallest absolute Gasteiger partial charge is 0.345 e. The Bertz CT molecular complexity index is 1520. The molecule has 0 atom stereocenters. The second-order valence-corrected chi connectivity index (χ2v) is 7.53. The average molecular weight is 445 g/mol. The summed E-state index contributed by atoms with van der Waals surface area (Å²) in [6, 6.07) is 17.2. The maximum atomic E-state index is 13.0. The predicted octanol–water partition coefficient (Wildman–Crippen LogP) is 4.53. The van der Waals surface area contributed by atoms with Crippen LogP contribution in [0.2, 0.25) is 5.02 Å². The molecule has 0 aliphatic carbocycles. The van der Waals surface area contributed by atoms with Crippen LogP contribution in [-0.4, -0.2) is 31.5 Å². The Morgan fingerprint density at radius 2 is 1.78 bits per heavy atom. The van der Waals surface area contributed by atoms with E-state index in [1.807, 2.05) is 53.2 Å². The first-order chi connectivity index (χ1) is 15.6. The number of halogens is 1. The lowest BCUT2D eigenvalue weighted by molar-refractivity contribution is 0.0523. The summed E-state index contributed by atoms with van der Waals surface area (Å²) in [5.41, 5.74) is 3.04. The van der Waals surface area contributed by atoms with E-state index in [4.69, 9.17) is 16.3 Å². The van der Waals surface area contributed by atoms with Crippen LogP contribution >= 0.6 is 11.6 Å². The van der Waals surface area contributed by atoms with Gasteiger partial charge in [0.1, 0.15) is 11.9 Å². The number of esters is 1.